The van der Waals surface area contributed by atoms with E-state index >= 15 is 0 Å². The minimum atomic E-state index is 1.23. The second-order valence-corrected chi connectivity index (χ2v) is 12.4. The highest BCUT2D eigenvalue weighted by atomic mass is 14.3. The maximum Gasteiger partial charge on any atom is -0.000785 e. The Morgan fingerprint density at radius 2 is 0.761 bits per heavy atom. The van der Waals surface area contributed by atoms with Gasteiger partial charge in [0.1, 0.15) is 0 Å². The molecule has 0 heteroatoms. The normalized spacial score (nSPS) is 11.9. The summed E-state index contributed by atoms with van der Waals surface area (Å²) < 4.78 is 0. The van der Waals surface area contributed by atoms with Crippen molar-refractivity contribution in [2.45, 2.75) is 0 Å². The molecule has 0 saturated heterocycles. The Morgan fingerprint density at radius 1 is 0.217 bits per heavy atom. The third kappa shape index (κ3) is 3.56. The summed E-state index contributed by atoms with van der Waals surface area (Å²) in [5.74, 6) is 0. The van der Waals surface area contributed by atoms with Crippen molar-refractivity contribution >= 4 is 43.1 Å². The van der Waals surface area contributed by atoms with Crippen LogP contribution in [-0.2, 0) is 0 Å². The zero-order valence-electron chi connectivity index (χ0n) is 25.2. The van der Waals surface area contributed by atoms with Crippen LogP contribution in [-0.4, -0.2) is 0 Å². The smallest absolute Gasteiger partial charge is 0.000785 e. The minimum absolute atomic E-state index is 1.23. The van der Waals surface area contributed by atoms with E-state index in [0.717, 1.165) is 0 Å². The summed E-state index contributed by atoms with van der Waals surface area (Å²) in [6.45, 7) is 0. The van der Waals surface area contributed by atoms with Crippen LogP contribution in [0.5, 0.6) is 0 Å². The Bertz CT molecular complexity index is 2680. The maximum atomic E-state index is 2.38. The number of rotatable bonds is 3. The molecule has 212 valence electrons. The van der Waals surface area contributed by atoms with Crippen LogP contribution in [0.15, 0.2) is 170 Å². The van der Waals surface area contributed by atoms with E-state index in [2.05, 4.69) is 170 Å². The lowest BCUT2D eigenvalue weighted by molar-refractivity contribution is 1.59. The van der Waals surface area contributed by atoms with Gasteiger partial charge in [-0.15, -0.1) is 0 Å². The molecule has 0 amide bonds. The molecule has 0 atom stereocenters. The van der Waals surface area contributed by atoms with E-state index in [4.69, 9.17) is 0 Å². The van der Waals surface area contributed by atoms with Crippen LogP contribution < -0.4 is 0 Å². The van der Waals surface area contributed by atoms with E-state index < -0.39 is 0 Å². The highest BCUT2D eigenvalue weighted by Gasteiger charge is 2.28. The van der Waals surface area contributed by atoms with Crippen LogP contribution in [0.25, 0.3) is 98.7 Å². The Morgan fingerprint density at radius 3 is 1.61 bits per heavy atom. The predicted octanol–water partition coefficient (Wildman–Crippen LogP) is 12.9. The first-order valence-corrected chi connectivity index (χ1v) is 16.0. The number of benzene rings is 9. The first-order valence-electron chi connectivity index (χ1n) is 16.0. The van der Waals surface area contributed by atoms with Crippen molar-refractivity contribution in [2.75, 3.05) is 0 Å². The predicted molar refractivity (Wildman–Crippen MR) is 197 cm³/mol. The molecule has 0 N–H and O–H groups in total. The molecule has 0 bridgehead atoms. The van der Waals surface area contributed by atoms with Crippen LogP contribution in [0.4, 0.5) is 0 Å². The zero-order valence-corrected chi connectivity index (χ0v) is 25.2. The molecule has 9 aromatic rings. The number of hydrogen-bond acceptors (Lipinski definition) is 0. The van der Waals surface area contributed by atoms with E-state index in [9.17, 15) is 0 Å². The van der Waals surface area contributed by atoms with Gasteiger partial charge < -0.3 is 0 Å². The van der Waals surface area contributed by atoms with Crippen LogP contribution in [0.2, 0.25) is 0 Å². The summed E-state index contributed by atoms with van der Waals surface area (Å²) in [6, 6.07) is 62.8. The average Bonchev–Trinajstić information content (AvgIpc) is 3.48. The molecule has 0 saturated carbocycles. The van der Waals surface area contributed by atoms with Crippen molar-refractivity contribution in [1.29, 1.82) is 0 Å². The maximum absolute atomic E-state index is 2.38. The van der Waals surface area contributed by atoms with Crippen LogP contribution in [0.3, 0.4) is 0 Å². The molecule has 0 spiro atoms. The second-order valence-electron chi connectivity index (χ2n) is 12.4. The molecular formula is C46H28. The number of fused-ring (bicyclic) bond motifs is 8. The highest BCUT2D eigenvalue weighted by molar-refractivity contribution is 6.26. The van der Waals surface area contributed by atoms with Gasteiger partial charge in [-0.25, -0.2) is 0 Å². The quantitative estimate of drug-likeness (QED) is 0.182. The summed E-state index contributed by atoms with van der Waals surface area (Å²) >= 11 is 0. The largest absolute Gasteiger partial charge is 0.0622 e. The summed E-state index contributed by atoms with van der Waals surface area (Å²) in [4.78, 5) is 0. The summed E-state index contributed by atoms with van der Waals surface area (Å²) in [7, 11) is 0. The van der Waals surface area contributed by atoms with Gasteiger partial charge in [-0.2, -0.15) is 0 Å². The van der Waals surface area contributed by atoms with Gasteiger partial charge in [-0.1, -0.05) is 170 Å². The molecule has 1 aliphatic carbocycles. The van der Waals surface area contributed by atoms with E-state index in [1.54, 1.807) is 0 Å². The minimum Gasteiger partial charge on any atom is -0.0622 e. The lowest BCUT2D eigenvalue weighted by atomic mass is 9.82. The topological polar surface area (TPSA) is 0 Å². The van der Waals surface area contributed by atoms with Crippen molar-refractivity contribution in [3.63, 3.8) is 0 Å². The SMILES string of the molecule is c1ccc(-c2ccccc2-c2c(-c3ccc4cccc5c4c3-c3c-5ccc4ccccc34)ccc3c2ccc2ccccc23)cc1. The first kappa shape index (κ1) is 25.4. The van der Waals surface area contributed by atoms with Crippen LogP contribution in [0.1, 0.15) is 0 Å². The van der Waals surface area contributed by atoms with Gasteiger partial charge in [0, 0.05) is 0 Å². The Labute approximate surface area is 267 Å². The summed E-state index contributed by atoms with van der Waals surface area (Å²) in [6.07, 6.45) is 0. The molecule has 46 heavy (non-hydrogen) atoms. The van der Waals surface area contributed by atoms with E-state index in [-0.39, 0.29) is 0 Å². The van der Waals surface area contributed by atoms with Crippen molar-refractivity contribution in [2.24, 2.45) is 0 Å². The Balaban J connectivity index is 1.38. The molecule has 1 aliphatic rings. The lowest BCUT2D eigenvalue weighted by Gasteiger charge is -2.21. The molecule has 9 aromatic carbocycles. The Hall–Kier alpha value is -5.98. The number of hydrogen-bond donors (Lipinski definition) is 0. The molecule has 0 aromatic heterocycles. The molecule has 0 unspecified atom stereocenters. The van der Waals surface area contributed by atoms with Gasteiger partial charge in [-0.3, -0.25) is 0 Å². The average molecular weight is 581 g/mol. The molecule has 0 heterocycles. The highest BCUT2D eigenvalue weighted by Crippen LogP contribution is 2.55. The molecule has 0 nitrogen and oxygen atoms in total. The van der Waals surface area contributed by atoms with Gasteiger partial charge in [0.05, 0.1) is 0 Å². The van der Waals surface area contributed by atoms with Gasteiger partial charge in [-0.05, 0) is 98.7 Å². The fourth-order valence-electron chi connectivity index (χ4n) is 8.03. The van der Waals surface area contributed by atoms with E-state index in [1.807, 2.05) is 0 Å². The van der Waals surface area contributed by atoms with Crippen molar-refractivity contribution in [3.8, 4) is 55.6 Å². The summed E-state index contributed by atoms with van der Waals surface area (Å²) in [5, 5.41) is 10.3. The molecular weight excluding hydrogens is 553 g/mol. The van der Waals surface area contributed by atoms with Gasteiger partial charge >= 0.3 is 0 Å². The third-order valence-corrected chi connectivity index (χ3v) is 10.0. The monoisotopic (exact) mass is 580 g/mol. The Kier molecular flexibility index (Phi) is 5.38. The van der Waals surface area contributed by atoms with E-state index in [1.165, 1.54) is 98.7 Å². The lowest BCUT2D eigenvalue weighted by Crippen LogP contribution is -1.94. The van der Waals surface area contributed by atoms with Gasteiger partial charge in [0.15, 0.2) is 0 Å². The van der Waals surface area contributed by atoms with Crippen molar-refractivity contribution in [1.82, 2.24) is 0 Å². The standard InChI is InChI=1S/C46H28/c1-2-11-29(12-3-1)34-17-8-9-19-37(34)44-39-24-21-30-13-4-6-16-33(30)36(39)27-28-40(44)42-26-23-32-15-10-20-38-41-25-22-31-14-5-7-18-35(31)45(41)46(42)43(32)38/h1-28H. The van der Waals surface area contributed by atoms with Gasteiger partial charge in [0.25, 0.3) is 0 Å². The molecule has 0 fully saturated rings. The molecule has 0 radical (unpaired) electrons. The molecule has 0 aliphatic heterocycles. The van der Waals surface area contributed by atoms with Crippen molar-refractivity contribution < 1.29 is 0 Å². The van der Waals surface area contributed by atoms with Crippen LogP contribution >= 0.6 is 0 Å². The van der Waals surface area contributed by atoms with Gasteiger partial charge in [0.2, 0.25) is 0 Å². The fraction of sp³-hybridized carbons (Fsp3) is 0. The third-order valence-electron chi connectivity index (χ3n) is 10.0. The van der Waals surface area contributed by atoms with Crippen LogP contribution in [0, 0.1) is 0 Å². The first-order chi connectivity index (χ1) is 22.8. The molecule has 10 rings (SSSR count). The summed E-state index contributed by atoms with van der Waals surface area (Å²) in [5.41, 5.74) is 12.9. The zero-order chi connectivity index (χ0) is 30.2. The second kappa shape index (κ2) is 9.76. The van der Waals surface area contributed by atoms with E-state index in [0.29, 0.717) is 0 Å². The fourth-order valence-corrected chi connectivity index (χ4v) is 8.03. The van der Waals surface area contributed by atoms with Crippen molar-refractivity contribution in [3.05, 3.63) is 170 Å².